The maximum Gasteiger partial charge on any atom is 0.113 e. The third kappa shape index (κ3) is 2.95. The summed E-state index contributed by atoms with van der Waals surface area (Å²) in [6.45, 7) is 0. The first kappa shape index (κ1) is 12.6. The highest BCUT2D eigenvalue weighted by molar-refractivity contribution is 7.12. The van der Waals surface area contributed by atoms with E-state index in [0.717, 1.165) is 16.9 Å². The van der Waals surface area contributed by atoms with Gasteiger partial charge < -0.3 is 5.11 Å². The standard InChI is InChI=1S/C16H14OS2/c17-16(12-5-2-1-3-6-12)15-9-8-14(19-15)11-13-7-4-10-18-13/h1-10,16-17H,11H2. The van der Waals surface area contributed by atoms with Crippen LogP contribution >= 0.6 is 22.7 Å². The predicted molar refractivity (Wildman–Crippen MR) is 81.9 cm³/mol. The van der Waals surface area contributed by atoms with Crippen LogP contribution < -0.4 is 0 Å². The van der Waals surface area contributed by atoms with Gasteiger partial charge in [0.15, 0.2) is 0 Å². The van der Waals surface area contributed by atoms with Crippen LogP contribution in [-0.4, -0.2) is 5.11 Å². The summed E-state index contributed by atoms with van der Waals surface area (Å²) in [5.41, 5.74) is 0.951. The summed E-state index contributed by atoms with van der Waals surface area (Å²) in [6, 6.07) is 18.2. The Morgan fingerprint density at radius 3 is 2.47 bits per heavy atom. The van der Waals surface area contributed by atoms with Gasteiger partial charge in [0.25, 0.3) is 0 Å². The van der Waals surface area contributed by atoms with Crippen molar-refractivity contribution in [3.8, 4) is 0 Å². The Kier molecular flexibility index (Phi) is 3.78. The van der Waals surface area contributed by atoms with Crippen LogP contribution in [0.1, 0.15) is 26.3 Å². The van der Waals surface area contributed by atoms with Crippen molar-refractivity contribution in [3.63, 3.8) is 0 Å². The quantitative estimate of drug-likeness (QED) is 0.749. The first-order valence-electron chi connectivity index (χ1n) is 6.17. The topological polar surface area (TPSA) is 20.2 Å². The number of hydrogen-bond acceptors (Lipinski definition) is 3. The van der Waals surface area contributed by atoms with Crippen molar-refractivity contribution in [2.75, 3.05) is 0 Å². The van der Waals surface area contributed by atoms with Gasteiger partial charge in [-0.1, -0.05) is 36.4 Å². The zero-order valence-corrected chi connectivity index (χ0v) is 12.0. The maximum absolute atomic E-state index is 10.3. The minimum Gasteiger partial charge on any atom is -0.383 e. The fourth-order valence-electron chi connectivity index (χ4n) is 2.02. The van der Waals surface area contributed by atoms with Crippen molar-refractivity contribution in [3.05, 3.63) is 80.2 Å². The van der Waals surface area contributed by atoms with Gasteiger partial charge in [0, 0.05) is 21.1 Å². The summed E-state index contributed by atoms with van der Waals surface area (Å²) in [5.74, 6) is 0. The van der Waals surface area contributed by atoms with Gasteiger partial charge in [-0.3, -0.25) is 0 Å². The lowest BCUT2D eigenvalue weighted by atomic mass is 10.1. The minimum atomic E-state index is -0.511. The van der Waals surface area contributed by atoms with E-state index in [2.05, 4.69) is 23.6 Å². The molecule has 1 atom stereocenters. The van der Waals surface area contributed by atoms with Crippen molar-refractivity contribution in [1.29, 1.82) is 0 Å². The zero-order valence-electron chi connectivity index (χ0n) is 10.3. The number of thiophene rings is 2. The highest BCUT2D eigenvalue weighted by Gasteiger charge is 2.12. The predicted octanol–water partition coefficient (Wildman–Crippen LogP) is 4.48. The van der Waals surface area contributed by atoms with Gasteiger partial charge in [0.2, 0.25) is 0 Å². The van der Waals surface area contributed by atoms with E-state index < -0.39 is 6.10 Å². The smallest absolute Gasteiger partial charge is 0.113 e. The van der Waals surface area contributed by atoms with Gasteiger partial charge in [-0.2, -0.15) is 0 Å². The molecule has 3 rings (SSSR count). The van der Waals surface area contributed by atoms with Crippen LogP contribution in [0.4, 0.5) is 0 Å². The molecule has 1 unspecified atom stereocenters. The molecule has 0 saturated heterocycles. The lowest BCUT2D eigenvalue weighted by Crippen LogP contribution is -1.95. The number of hydrogen-bond donors (Lipinski definition) is 1. The molecule has 0 aliphatic carbocycles. The van der Waals surface area contributed by atoms with E-state index in [1.807, 2.05) is 36.4 Å². The Hall–Kier alpha value is -1.42. The van der Waals surface area contributed by atoms with E-state index in [4.69, 9.17) is 0 Å². The fraction of sp³-hybridized carbons (Fsp3) is 0.125. The molecule has 0 radical (unpaired) electrons. The summed E-state index contributed by atoms with van der Waals surface area (Å²) >= 11 is 3.47. The van der Waals surface area contributed by atoms with Gasteiger partial charge >= 0.3 is 0 Å². The minimum absolute atomic E-state index is 0.511. The third-order valence-electron chi connectivity index (χ3n) is 3.00. The van der Waals surface area contributed by atoms with Crippen LogP contribution in [0.15, 0.2) is 60.0 Å². The van der Waals surface area contributed by atoms with E-state index >= 15 is 0 Å². The molecule has 19 heavy (non-hydrogen) atoms. The van der Waals surface area contributed by atoms with E-state index in [1.165, 1.54) is 9.75 Å². The van der Waals surface area contributed by atoms with Crippen LogP contribution in [0.25, 0.3) is 0 Å². The van der Waals surface area contributed by atoms with Crippen LogP contribution in [0.3, 0.4) is 0 Å². The summed E-state index contributed by atoms with van der Waals surface area (Å²) in [6.07, 6.45) is 0.451. The van der Waals surface area contributed by atoms with Crippen LogP contribution in [0, 0.1) is 0 Å². The third-order valence-corrected chi connectivity index (χ3v) is 5.01. The highest BCUT2D eigenvalue weighted by Crippen LogP contribution is 2.30. The first-order valence-corrected chi connectivity index (χ1v) is 7.86. The summed E-state index contributed by atoms with van der Waals surface area (Å²) in [5, 5.41) is 12.4. The summed E-state index contributed by atoms with van der Waals surface area (Å²) < 4.78 is 0. The van der Waals surface area contributed by atoms with Gasteiger partial charge in [-0.05, 0) is 29.1 Å². The monoisotopic (exact) mass is 286 g/mol. The van der Waals surface area contributed by atoms with E-state index in [0.29, 0.717) is 0 Å². The van der Waals surface area contributed by atoms with Gasteiger partial charge in [-0.15, -0.1) is 22.7 Å². The van der Waals surface area contributed by atoms with Crippen molar-refractivity contribution < 1.29 is 5.11 Å². The Balaban J connectivity index is 1.78. The van der Waals surface area contributed by atoms with Crippen LogP contribution in [0.5, 0.6) is 0 Å². The molecular weight excluding hydrogens is 272 g/mol. The number of benzene rings is 1. The normalized spacial score (nSPS) is 12.5. The Morgan fingerprint density at radius 2 is 1.74 bits per heavy atom. The van der Waals surface area contributed by atoms with Crippen LogP contribution in [0.2, 0.25) is 0 Å². The molecule has 1 nitrogen and oxygen atoms in total. The van der Waals surface area contributed by atoms with Crippen LogP contribution in [-0.2, 0) is 6.42 Å². The maximum atomic E-state index is 10.3. The molecular formula is C16H14OS2. The Labute approximate surface area is 120 Å². The van der Waals surface area contributed by atoms with Crippen molar-refractivity contribution >= 4 is 22.7 Å². The summed E-state index contributed by atoms with van der Waals surface area (Å²) in [7, 11) is 0. The van der Waals surface area contributed by atoms with Gasteiger partial charge in [-0.25, -0.2) is 0 Å². The molecule has 3 aromatic rings. The average molecular weight is 286 g/mol. The number of rotatable bonds is 4. The van der Waals surface area contributed by atoms with Gasteiger partial charge in [0.05, 0.1) is 0 Å². The molecule has 0 aliphatic heterocycles. The van der Waals surface area contributed by atoms with E-state index in [9.17, 15) is 5.11 Å². The second-order valence-corrected chi connectivity index (χ2v) is 6.61. The SMILES string of the molecule is OC(c1ccccc1)c1ccc(Cc2cccs2)s1. The molecule has 0 amide bonds. The first-order chi connectivity index (χ1) is 9.33. The molecule has 0 fully saturated rings. The molecule has 2 aromatic heterocycles. The zero-order chi connectivity index (χ0) is 13.1. The second-order valence-electron chi connectivity index (χ2n) is 4.37. The second kappa shape index (κ2) is 5.70. The molecule has 0 bridgehead atoms. The number of aliphatic hydroxyl groups excluding tert-OH is 1. The Morgan fingerprint density at radius 1 is 0.895 bits per heavy atom. The van der Waals surface area contributed by atoms with Crippen molar-refractivity contribution in [1.82, 2.24) is 0 Å². The molecule has 96 valence electrons. The van der Waals surface area contributed by atoms with Crippen molar-refractivity contribution in [2.45, 2.75) is 12.5 Å². The van der Waals surface area contributed by atoms with E-state index in [-0.39, 0.29) is 0 Å². The highest BCUT2D eigenvalue weighted by atomic mass is 32.1. The largest absolute Gasteiger partial charge is 0.383 e. The summed E-state index contributed by atoms with van der Waals surface area (Å²) in [4.78, 5) is 3.67. The number of aliphatic hydroxyl groups is 1. The molecule has 0 spiro atoms. The Bertz CT molecular complexity index is 626. The molecule has 3 heteroatoms. The molecule has 2 heterocycles. The average Bonchev–Trinajstić information content (AvgIpc) is 3.11. The van der Waals surface area contributed by atoms with E-state index in [1.54, 1.807) is 22.7 Å². The van der Waals surface area contributed by atoms with Gasteiger partial charge in [0.1, 0.15) is 6.10 Å². The molecule has 0 saturated carbocycles. The van der Waals surface area contributed by atoms with Crippen molar-refractivity contribution in [2.24, 2.45) is 0 Å². The molecule has 1 N–H and O–H groups in total. The lowest BCUT2D eigenvalue weighted by Gasteiger charge is -2.07. The lowest BCUT2D eigenvalue weighted by molar-refractivity contribution is 0.224. The fourth-order valence-corrected chi connectivity index (χ4v) is 3.89. The molecule has 1 aromatic carbocycles. The molecule has 0 aliphatic rings.